The molecule has 0 aliphatic heterocycles. The number of nitrogens with zero attached hydrogens (tertiary/aromatic N) is 2. The van der Waals surface area contributed by atoms with Crippen LogP contribution in [0.2, 0.25) is 0 Å². The van der Waals surface area contributed by atoms with Gasteiger partial charge in [-0.3, -0.25) is 18.7 Å². The summed E-state index contributed by atoms with van der Waals surface area (Å²) in [6.45, 7) is 2.94. The van der Waals surface area contributed by atoms with Crippen molar-refractivity contribution in [2.24, 2.45) is 0 Å². The molecule has 0 atom stereocenters. The minimum absolute atomic E-state index is 0.0471. The molecule has 0 radical (unpaired) electrons. The van der Waals surface area contributed by atoms with Gasteiger partial charge < -0.3 is 10.4 Å². The number of carbonyl (C=O) groups is 2. The van der Waals surface area contributed by atoms with Crippen molar-refractivity contribution in [3.05, 3.63) is 34.7 Å². The monoisotopic (exact) mass is 359 g/mol. The van der Waals surface area contributed by atoms with E-state index in [1.54, 1.807) is 9.13 Å². The number of rotatable bonds is 8. The minimum Gasteiger partial charge on any atom is -0.481 e. The average Bonchev–Trinajstić information content (AvgIpc) is 2.83. The Labute approximate surface area is 151 Å². The number of amides is 1. The van der Waals surface area contributed by atoms with Gasteiger partial charge >= 0.3 is 11.7 Å². The van der Waals surface area contributed by atoms with Crippen LogP contribution in [0.4, 0.5) is 0 Å². The van der Waals surface area contributed by atoms with Crippen molar-refractivity contribution in [1.29, 1.82) is 0 Å². The lowest BCUT2D eigenvalue weighted by Gasteiger charge is -2.41. The van der Waals surface area contributed by atoms with Crippen molar-refractivity contribution in [1.82, 2.24) is 14.5 Å². The zero-order valence-electron chi connectivity index (χ0n) is 15.0. The lowest BCUT2D eigenvalue weighted by Crippen LogP contribution is -2.54. The first-order chi connectivity index (χ1) is 12.5. The summed E-state index contributed by atoms with van der Waals surface area (Å²) in [6, 6.07) is 7.58. The average molecular weight is 359 g/mol. The molecule has 7 nitrogen and oxygen atoms in total. The lowest BCUT2D eigenvalue weighted by atomic mass is 9.74. The van der Waals surface area contributed by atoms with Crippen molar-refractivity contribution in [3.8, 4) is 0 Å². The maximum atomic E-state index is 12.7. The predicted molar refractivity (Wildman–Crippen MR) is 98.1 cm³/mol. The molecule has 7 heteroatoms. The SMILES string of the molecule is CCCn1c(=O)n(CCC(=O)NC2(CC(=O)O)CCC2)c2ccccc21. The van der Waals surface area contributed by atoms with Crippen molar-refractivity contribution < 1.29 is 14.7 Å². The van der Waals surface area contributed by atoms with Crippen LogP contribution in [0.15, 0.2) is 29.1 Å². The topological polar surface area (TPSA) is 93.3 Å². The molecular weight excluding hydrogens is 334 g/mol. The van der Waals surface area contributed by atoms with E-state index in [1.807, 2.05) is 31.2 Å². The van der Waals surface area contributed by atoms with Gasteiger partial charge in [0.2, 0.25) is 5.91 Å². The Morgan fingerprint density at radius 2 is 1.77 bits per heavy atom. The molecule has 0 spiro atoms. The highest BCUT2D eigenvalue weighted by Crippen LogP contribution is 2.35. The third-order valence-electron chi connectivity index (χ3n) is 5.14. The zero-order valence-corrected chi connectivity index (χ0v) is 15.0. The number of imidazole rings is 1. The van der Waals surface area contributed by atoms with Crippen molar-refractivity contribution in [2.75, 3.05) is 0 Å². The van der Waals surface area contributed by atoms with Crippen LogP contribution in [-0.4, -0.2) is 31.7 Å². The van der Waals surface area contributed by atoms with Gasteiger partial charge in [-0.15, -0.1) is 0 Å². The van der Waals surface area contributed by atoms with E-state index >= 15 is 0 Å². The second-order valence-corrected chi connectivity index (χ2v) is 7.08. The Morgan fingerprint density at radius 3 is 2.27 bits per heavy atom. The summed E-state index contributed by atoms with van der Waals surface area (Å²) in [6.07, 6.45) is 3.28. The van der Waals surface area contributed by atoms with E-state index in [0.717, 1.165) is 23.9 Å². The van der Waals surface area contributed by atoms with E-state index in [0.29, 0.717) is 19.4 Å². The van der Waals surface area contributed by atoms with Gasteiger partial charge in [0, 0.05) is 19.5 Å². The van der Waals surface area contributed by atoms with Crippen LogP contribution < -0.4 is 11.0 Å². The summed E-state index contributed by atoms with van der Waals surface area (Å²) in [5.41, 5.74) is 0.984. The van der Waals surface area contributed by atoms with E-state index in [9.17, 15) is 14.4 Å². The number of fused-ring (bicyclic) bond motifs is 1. The second-order valence-electron chi connectivity index (χ2n) is 7.08. The molecular formula is C19H25N3O4. The maximum absolute atomic E-state index is 12.7. The molecule has 0 bridgehead atoms. The van der Waals surface area contributed by atoms with Crippen LogP contribution in [0.5, 0.6) is 0 Å². The molecule has 1 saturated carbocycles. The van der Waals surface area contributed by atoms with Crippen molar-refractivity contribution in [2.45, 2.75) is 64.1 Å². The van der Waals surface area contributed by atoms with Crippen molar-refractivity contribution in [3.63, 3.8) is 0 Å². The number of hydrogen-bond acceptors (Lipinski definition) is 3. The number of aromatic nitrogens is 2. The molecule has 0 unspecified atom stereocenters. The Balaban J connectivity index is 1.73. The Kier molecular flexibility index (Phi) is 5.15. The van der Waals surface area contributed by atoms with E-state index in [4.69, 9.17) is 5.11 Å². The molecule has 26 heavy (non-hydrogen) atoms. The molecule has 1 heterocycles. The summed E-state index contributed by atoms with van der Waals surface area (Å²) >= 11 is 0. The number of carbonyl (C=O) groups excluding carboxylic acids is 1. The normalized spacial score (nSPS) is 15.6. The van der Waals surface area contributed by atoms with Gasteiger partial charge in [-0.1, -0.05) is 19.1 Å². The number of nitrogens with one attached hydrogen (secondary N) is 1. The molecule has 2 aromatic rings. The first-order valence-electron chi connectivity index (χ1n) is 9.17. The molecule has 1 aromatic heterocycles. The largest absolute Gasteiger partial charge is 0.481 e. The fourth-order valence-corrected chi connectivity index (χ4v) is 3.74. The Hall–Kier alpha value is -2.57. The molecule has 0 saturated heterocycles. The smallest absolute Gasteiger partial charge is 0.329 e. The third kappa shape index (κ3) is 3.52. The van der Waals surface area contributed by atoms with Crippen LogP contribution in [0.25, 0.3) is 11.0 Å². The minimum atomic E-state index is -0.899. The summed E-state index contributed by atoms with van der Waals surface area (Å²) in [4.78, 5) is 36.1. The van der Waals surface area contributed by atoms with Crippen LogP contribution in [-0.2, 0) is 22.7 Å². The molecule has 1 aliphatic rings. The van der Waals surface area contributed by atoms with Gasteiger partial charge in [0.15, 0.2) is 0 Å². The first-order valence-corrected chi connectivity index (χ1v) is 9.17. The molecule has 2 N–H and O–H groups in total. The van der Waals surface area contributed by atoms with E-state index in [2.05, 4.69) is 5.32 Å². The number of hydrogen-bond donors (Lipinski definition) is 2. The van der Waals surface area contributed by atoms with Crippen molar-refractivity contribution >= 4 is 22.9 Å². The van der Waals surface area contributed by atoms with E-state index < -0.39 is 11.5 Å². The fourth-order valence-electron chi connectivity index (χ4n) is 3.74. The zero-order chi connectivity index (χ0) is 18.7. The Morgan fingerprint density at radius 1 is 1.15 bits per heavy atom. The fraction of sp³-hybridized carbons (Fsp3) is 0.526. The van der Waals surface area contributed by atoms with Crippen LogP contribution in [0, 0.1) is 0 Å². The number of carboxylic acids is 1. The molecule has 1 aliphatic carbocycles. The summed E-state index contributed by atoms with van der Waals surface area (Å²) < 4.78 is 3.38. The third-order valence-corrected chi connectivity index (χ3v) is 5.14. The quantitative estimate of drug-likeness (QED) is 0.755. The van der Waals surface area contributed by atoms with E-state index in [-0.39, 0.29) is 31.0 Å². The van der Waals surface area contributed by atoms with Gasteiger partial charge in [0.1, 0.15) is 0 Å². The van der Waals surface area contributed by atoms with Gasteiger partial charge in [0.05, 0.1) is 23.0 Å². The number of para-hydroxylation sites is 2. The number of carboxylic acid groups (broad SMARTS) is 1. The van der Waals surface area contributed by atoms with Crippen LogP contribution >= 0.6 is 0 Å². The van der Waals surface area contributed by atoms with Crippen LogP contribution in [0.1, 0.15) is 45.4 Å². The predicted octanol–water partition coefficient (Wildman–Crippen LogP) is 2.12. The van der Waals surface area contributed by atoms with E-state index in [1.165, 1.54) is 0 Å². The molecule has 3 rings (SSSR count). The highest BCUT2D eigenvalue weighted by molar-refractivity contribution is 5.79. The van der Waals surface area contributed by atoms with Gasteiger partial charge in [-0.25, -0.2) is 4.79 Å². The molecule has 1 amide bonds. The Bertz CT molecular complexity index is 877. The lowest BCUT2D eigenvalue weighted by molar-refractivity contribution is -0.140. The standard InChI is InChI=1S/C19H25N3O4/c1-2-11-21-14-6-3-4-7-15(14)22(18(21)26)12-8-16(23)20-19(9-5-10-19)13-17(24)25/h3-4,6-7H,2,5,8-13H2,1H3,(H,20,23)(H,24,25). The van der Waals surface area contributed by atoms with Gasteiger partial charge in [0.25, 0.3) is 0 Å². The number of aryl methyl sites for hydroxylation is 2. The van der Waals surface area contributed by atoms with Gasteiger partial charge in [-0.05, 0) is 37.8 Å². The highest BCUT2D eigenvalue weighted by Gasteiger charge is 2.40. The molecule has 140 valence electrons. The summed E-state index contributed by atoms with van der Waals surface area (Å²) in [7, 11) is 0. The highest BCUT2D eigenvalue weighted by atomic mass is 16.4. The summed E-state index contributed by atoms with van der Waals surface area (Å²) in [5, 5.41) is 11.9. The maximum Gasteiger partial charge on any atom is 0.329 e. The second kappa shape index (κ2) is 7.35. The molecule has 1 aromatic carbocycles. The first kappa shape index (κ1) is 18.2. The number of aliphatic carboxylic acids is 1. The van der Waals surface area contributed by atoms with Gasteiger partial charge in [-0.2, -0.15) is 0 Å². The molecule has 1 fully saturated rings. The number of benzene rings is 1. The summed E-state index contributed by atoms with van der Waals surface area (Å²) in [5.74, 6) is -1.10. The van der Waals surface area contributed by atoms with Crippen LogP contribution in [0.3, 0.4) is 0 Å².